The lowest BCUT2D eigenvalue weighted by Crippen LogP contribution is -2.31. The number of aryl methyl sites for hydroxylation is 1. The van der Waals surface area contributed by atoms with E-state index in [1.54, 1.807) is 12.1 Å². The van der Waals surface area contributed by atoms with Crippen LogP contribution in [-0.4, -0.2) is 28.3 Å². The van der Waals surface area contributed by atoms with Crippen molar-refractivity contribution in [2.24, 2.45) is 0 Å². The predicted octanol–water partition coefficient (Wildman–Crippen LogP) is 2.99. The fourth-order valence-electron chi connectivity index (χ4n) is 2.75. The van der Waals surface area contributed by atoms with Gasteiger partial charge in [-0.05, 0) is 43.3 Å². The number of non-ortho nitro benzene ring substituents is 1. The molecule has 0 spiro atoms. The Morgan fingerprint density at radius 1 is 0.967 bits per heavy atom. The summed E-state index contributed by atoms with van der Waals surface area (Å²) in [7, 11) is -8.09. The lowest BCUT2D eigenvalue weighted by Gasteiger charge is -2.17. The Labute approximate surface area is 173 Å². The molecule has 1 N–H and O–H groups in total. The van der Waals surface area contributed by atoms with Crippen molar-refractivity contribution in [1.82, 2.24) is 4.72 Å². The number of benzene rings is 2. The molecule has 11 heteroatoms. The molecule has 1 atom stereocenters. The van der Waals surface area contributed by atoms with Gasteiger partial charge in [-0.3, -0.25) is 10.1 Å². The van der Waals surface area contributed by atoms with Gasteiger partial charge in [0.25, 0.3) is 5.69 Å². The van der Waals surface area contributed by atoms with Crippen molar-refractivity contribution < 1.29 is 26.2 Å². The number of hydrogen-bond donors (Lipinski definition) is 1. The van der Waals surface area contributed by atoms with Gasteiger partial charge in [0.1, 0.15) is 11.0 Å². The Kier molecular flexibility index (Phi) is 6.06. The molecule has 0 radical (unpaired) electrons. The molecule has 0 aliphatic heterocycles. The van der Waals surface area contributed by atoms with E-state index in [4.69, 9.17) is 4.42 Å². The number of nitrogens with one attached hydrogen (secondary N) is 1. The van der Waals surface area contributed by atoms with Crippen molar-refractivity contribution in [3.05, 3.63) is 88.4 Å². The fourth-order valence-corrected chi connectivity index (χ4v) is 5.48. The number of nitro benzene ring substituents is 1. The second-order valence-electron chi connectivity index (χ2n) is 6.47. The first-order valence-corrected chi connectivity index (χ1v) is 11.7. The van der Waals surface area contributed by atoms with E-state index in [0.29, 0.717) is 0 Å². The average Bonchev–Trinajstić information content (AvgIpc) is 3.22. The summed E-state index contributed by atoms with van der Waals surface area (Å²) in [6, 6.07) is 13.4. The second kappa shape index (κ2) is 8.38. The molecule has 0 unspecified atom stereocenters. The fraction of sp³-hybridized carbons (Fsp3) is 0.158. The van der Waals surface area contributed by atoms with Crippen LogP contribution in [0.4, 0.5) is 5.69 Å². The first-order chi connectivity index (χ1) is 14.1. The van der Waals surface area contributed by atoms with Crippen LogP contribution >= 0.6 is 0 Å². The number of furan rings is 1. The molecule has 0 fully saturated rings. The molecule has 158 valence electrons. The molecule has 1 aromatic heterocycles. The number of sulfone groups is 1. The SMILES string of the molecule is Cc1ccc(S(=O)(=O)[C@@H](CNS(=O)(=O)c2ccc([N+](=O)[O-])cc2)c2ccco2)cc1. The predicted molar refractivity (Wildman–Crippen MR) is 108 cm³/mol. The van der Waals surface area contributed by atoms with Gasteiger partial charge in [0.2, 0.25) is 10.0 Å². The van der Waals surface area contributed by atoms with Gasteiger partial charge >= 0.3 is 0 Å². The minimum Gasteiger partial charge on any atom is -0.468 e. The highest BCUT2D eigenvalue weighted by atomic mass is 32.2. The molecule has 30 heavy (non-hydrogen) atoms. The van der Waals surface area contributed by atoms with E-state index in [0.717, 1.165) is 29.8 Å². The lowest BCUT2D eigenvalue weighted by atomic mass is 10.2. The van der Waals surface area contributed by atoms with Crippen molar-refractivity contribution >= 4 is 25.5 Å². The summed E-state index contributed by atoms with van der Waals surface area (Å²) in [6.07, 6.45) is 1.30. The minimum absolute atomic E-state index is 0.0315. The van der Waals surface area contributed by atoms with Crippen LogP contribution in [-0.2, 0) is 19.9 Å². The van der Waals surface area contributed by atoms with Crippen molar-refractivity contribution in [3.63, 3.8) is 0 Å². The molecular weight excluding hydrogens is 432 g/mol. The summed E-state index contributed by atoms with van der Waals surface area (Å²) in [5.74, 6) is 0.0852. The highest BCUT2D eigenvalue weighted by Gasteiger charge is 2.33. The first kappa shape index (κ1) is 21.7. The molecule has 0 saturated carbocycles. The molecule has 9 nitrogen and oxygen atoms in total. The number of nitro groups is 1. The monoisotopic (exact) mass is 450 g/mol. The van der Waals surface area contributed by atoms with E-state index in [1.165, 1.54) is 30.5 Å². The quantitative estimate of drug-likeness (QED) is 0.411. The van der Waals surface area contributed by atoms with Crippen LogP contribution < -0.4 is 4.72 Å². The Bertz CT molecular complexity index is 1230. The molecule has 0 aliphatic carbocycles. The summed E-state index contributed by atoms with van der Waals surface area (Å²) in [4.78, 5) is 9.90. The molecule has 0 amide bonds. The Morgan fingerprint density at radius 3 is 2.10 bits per heavy atom. The highest BCUT2D eigenvalue weighted by molar-refractivity contribution is 7.92. The van der Waals surface area contributed by atoms with E-state index in [1.807, 2.05) is 6.92 Å². The van der Waals surface area contributed by atoms with Crippen molar-refractivity contribution in [2.75, 3.05) is 6.54 Å². The van der Waals surface area contributed by atoms with Gasteiger partial charge in [-0.25, -0.2) is 21.6 Å². The third-order valence-electron chi connectivity index (χ3n) is 4.40. The lowest BCUT2D eigenvalue weighted by molar-refractivity contribution is -0.384. The maximum absolute atomic E-state index is 13.1. The van der Waals surface area contributed by atoms with Crippen LogP contribution in [0.15, 0.2) is 81.1 Å². The smallest absolute Gasteiger partial charge is 0.269 e. The molecule has 3 aromatic rings. The largest absolute Gasteiger partial charge is 0.468 e. The van der Waals surface area contributed by atoms with E-state index < -0.39 is 36.6 Å². The zero-order valence-electron chi connectivity index (χ0n) is 15.8. The van der Waals surface area contributed by atoms with Crippen LogP contribution in [0, 0.1) is 17.0 Å². The highest BCUT2D eigenvalue weighted by Crippen LogP contribution is 2.29. The second-order valence-corrected chi connectivity index (χ2v) is 10.4. The number of rotatable bonds is 8. The maximum atomic E-state index is 13.1. The van der Waals surface area contributed by atoms with Crippen LogP contribution in [0.3, 0.4) is 0 Å². The van der Waals surface area contributed by atoms with Gasteiger partial charge in [-0.1, -0.05) is 17.7 Å². The molecule has 2 aromatic carbocycles. The number of hydrogen-bond acceptors (Lipinski definition) is 7. The topological polar surface area (TPSA) is 137 Å². The summed E-state index contributed by atoms with van der Waals surface area (Å²) in [6.45, 7) is 1.34. The summed E-state index contributed by atoms with van der Waals surface area (Å²) in [5.41, 5.74) is 0.617. The van der Waals surface area contributed by atoms with Gasteiger partial charge in [0.15, 0.2) is 9.84 Å². The first-order valence-electron chi connectivity index (χ1n) is 8.69. The van der Waals surface area contributed by atoms with Crippen molar-refractivity contribution in [1.29, 1.82) is 0 Å². The Morgan fingerprint density at radius 2 is 1.57 bits per heavy atom. The van der Waals surface area contributed by atoms with Gasteiger partial charge in [0, 0.05) is 18.7 Å². The van der Waals surface area contributed by atoms with Crippen LogP contribution in [0.5, 0.6) is 0 Å². The van der Waals surface area contributed by atoms with E-state index in [-0.39, 0.29) is 21.2 Å². The molecular formula is C19H18N2O7S2. The third-order valence-corrected chi connectivity index (χ3v) is 7.92. The van der Waals surface area contributed by atoms with E-state index in [9.17, 15) is 26.9 Å². The number of nitrogens with zero attached hydrogens (tertiary/aromatic N) is 1. The third kappa shape index (κ3) is 4.58. The van der Waals surface area contributed by atoms with Gasteiger partial charge in [-0.15, -0.1) is 0 Å². The van der Waals surface area contributed by atoms with E-state index in [2.05, 4.69) is 4.72 Å². The maximum Gasteiger partial charge on any atom is 0.269 e. The van der Waals surface area contributed by atoms with Gasteiger partial charge in [-0.2, -0.15) is 0 Å². The average molecular weight is 450 g/mol. The summed E-state index contributed by atoms with van der Waals surface area (Å²) in [5, 5.41) is 9.44. The zero-order chi connectivity index (χ0) is 21.9. The van der Waals surface area contributed by atoms with Crippen LogP contribution in [0.1, 0.15) is 16.6 Å². The van der Waals surface area contributed by atoms with E-state index >= 15 is 0 Å². The number of sulfonamides is 1. The van der Waals surface area contributed by atoms with Crippen molar-refractivity contribution in [3.8, 4) is 0 Å². The van der Waals surface area contributed by atoms with Crippen molar-refractivity contribution in [2.45, 2.75) is 22.0 Å². The van der Waals surface area contributed by atoms with Crippen LogP contribution in [0.2, 0.25) is 0 Å². The Hall–Kier alpha value is -3.02. The molecule has 3 rings (SSSR count). The standard InChI is InChI=1S/C19H18N2O7S2/c1-14-4-8-16(9-5-14)29(24,25)19(18-3-2-12-28-18)13-20-30(26,27)17-10-6-15(7-11-17)21(22)23/h2-12,19-20H,13H2,1H3/t19-/m0/s1. The van der Waals surface area contributed by atoms with Crippen LogP contribution in [0.25, 0.3) is 0 Å². The summed E-state index contributed by atoms with van der Waals surface area (Å²) >= 11 is 0. The molecule has 0 bridgehead atoms. The molecule has 1 heterocycles. The van der Waals surface area contributed by atoms with Gasteiger partial charge in [0.05, 0.1) is 21.0 Å². The summed E-state index contributed by atoms with van der Waals surface area (Å²) < 4.78 is 59.0. The molecule has 0 saturated heterocycles. The normalized spacial score (nSPS) is 13.1. The zero-order valence-corrected chi connectivity index (χ0v) is 17.4. The Balaban J connectivity index is 1.89. The minimum atomic E-state index is -4.12. The van der Waals surface area contributed by atoms with Gasteiger partial charge < -0.3 is 4.42 Å². The molecule has 0 aliphatic rings.